The molecule has 0 aliphatic rings. The lowest BCUT2D eigenvalue weighted by Gasteiger charge is -2.09. The summed E-state index contributed by atoms with van der Waals surface area (Å²) in [5.74, 6) is -1.56. The van der Waals surface area contributed by atoms with Gasteiger partial charge in [0.15, 0.2) is 5.78 Å². The molecule has 0 fully saturated rings. The molecule has 0 radical (unpaired) electrons. The van der Waals surface area contributed by atoms with Gasteiger partial charge in [0.25, 0.3) is 0 Å². The maximum absolute atomic E-state index is 11.6. The molecule has 16 heavy (non-hydrogen) atoms. The number of aromatic hydroxyl groups is 3. The fourth-order valence-corrected chi connectivity index (χ4v) is 1.27. The van der Waals surface area contributed by atoms with Crippen LogP contribution in [-0.2, 0) is 0 Å². The number of Topliss-reactive ketones (excluding diaryl/α,β-unsaturated/α-hetero) is 1. The van der Waals surface area contributed by atoms with Gasteiger partial charge in [-0.3, -0.25) is 4.79 Å². The molecule has 0 aliphatic carbocycles. The highest BCUT2D eigenvalue weighted by Gasteiger charge is 2.17. The molecular formula is C11H15NO4. The first-order valence-corrected chi connectivity index (χ1v) is 4.93. The van der Waals surface area contributed by atoms with Crippen molar-refractivity contribution >= 4 is 5.78 Å². The molecule has 0 heterocycles. The Morgan fingerprint density at radius 3 is 2.19 bits per heavy atom. The molecule has 5 nitrogen and oxygen atoms in total. The molecule has 0 unspecified atom stereocenters. The molecule has 1 aromatic rings. The second-order valence-electron chi connectivity index (χ2n) is 3.82. The Morgan fingerprint density at radius 1 is 1.25 bits per heavy atom. The van der Waals surface area contributed by atoms with Crippen LogP contribution in [0.1, 0.15) is 24.2 Å². The lowest BCUT2D eigenvalue weighted by molar-refractivity contribution is 0.0983. The van der Waals surface area contributed by atoms with Gasteiger partial charge in [-0.25, -0.2) is 0 Å². The third-order valence-electron chi connectivity index (χ3n) is 2.03. The van der Waals surface area contributed by atoms with Gasteiger partial charge in [-0.2, -0.15) is 0 Å². The van der Waals surface area contributed by atoms with E-state index in [0.29, 0.717) is 0 Å². The second kappa shape index (κ2) is 4.85. The van der Waals surface area contributed by atoms with Gasteiger partial charge in [-0.05, 0) is 0 Å². The van der Waals surface area contributed by atoms with Crippen molar-refractivity contribution in [2.24, 2.45) is 0 Å². The average Bonchev–Trinajstić information content (AvgIpc) is 2.12. The highest BCUT2D eigenvalue weighted by Crippen LogP contribution is 2.31. The zero-order valence-electron chi connectivity index (χ0n) is 9.19. The summed E-state index contributed by atoms with van der Waals surface area (Å²) in [4.78, 5) is 11.6. The highest BCUT2D eigenvalue weighted by atomic mass is 16.3. The molecule has 1 rings (SSSR count). The van der Waals surface area contributed by atoms with Gasteiger partial charge in [0, 0.05) is 18.2 Å². The van der Waals surface area contributed by atoms with Crippen LogP contribution in [0.3, 0.4) is 0 Å². The summed E-state index contributed by atoms with van der Waals surface area (Å²) < 4.78 is 0. The summed E-state index contributed by atoms with van der Waals surface area (Å²) in [6.45, 7) is 3.77. The molecule has 1 aromatic carbocycles. The summed E-state index contributed by atoms with van der Waals surface area (Å²) in [7, 11) is 0. The van der Waals surface area contributed by atoms with Crippen LogP contribution in [0.25, 0.3) is 0 Å². The maximum atomic E-state index is 11.6. The van der Waals surface area contributed by atoms with Crippen molar-refractivity contribution < 1.29 is 20.1 Å². The summed E-state index contributed by atoms with van der Waals surface area (Å²) in [5, 5.41) is 30.8. The largest absolute Gasteiger partial charge is 0.508 e. The lowest BCUT2D eigenvalue weighted by Crippen LogP contribution is -2.29. The second-order valence-corrected chi connectivity index (χ2v) is 3.82. The first-order valence-electron chi connectivity index (χ1n) is 4.93. The van der Waals surface area contributed by atoms with Gasteiger partial charge < -0.3 is 20.6 Å². The number of rotatable bonds is 4. The van der Waals surface area contributed by atoms with Crippen LogP contribution >= 0.6 is 0 Å². The predicted octanol–water partition coefficient (Wildman–Crippen LogP) is 0.984. The number of phenolic OH excluding ortho intramolecular Hbond substituents is 3. The Morgan fingerprint density at radius 2 is 1.75 bits per heavy atom. The summed E-state index contributed by atoms with van der Waals surface area (Å²) in [6.07, 6.45) is 0. The molecule has 0 atom stereocenters. The Labute approximate surface area is 93.4 Å². The van der Waals surface area contributed by atoms with Gasteiger partial charge in [0.05, 0.1) is 6.54 Å². The van der Waals surface area contributed by atoms with Gasteiger partial charge >= 0.3 is 0 Å². The van der Waals surface area contributed by atoms with Crippen LogP contribution in [0.15, 0.2) is 12.1 Å². The van der Waals surface area contributed by atoms with Crippen molar-refractivity contribution in [1.29, 1.82) is 0 Å². The molecule has 0 bridgehead atoms. The van der Waals surface area contributed by atoms with Gasteiger partial charge in [-0.15, -0.1) is 0 Å². The molecule has 0 aromatic heterocycles. The SMILES string of the molecule is CC(C)NCC(=O)c1c(O)cc(O)cc1O. The van der Waals surface area contributed by atoms with Crippen LogP contribution in [-0.4, -0.2) is 33.7 Å². The highest BCUT2D eigenvalue weighted by molar-refractivity contribution is 6.02. The molecule has 0 aliphatic heterocycles. The van der Waals surface area contributed by atoms with Crippen LogP contribution in [0.4, 0.5) is 0 Å². The molecule has 5 heteroatoms. The molecule has 0 saturated carbocycles. The minimum atomic E-state index is -0.427. The number of nitrogens with one attached hydrogen (secondary N) is 1. The van der Waals surface area contributed by atoms with E-state index in [-0.39, 0.29) is 23.9 Å². The standard InChI is InChI=1S/C11H15NO4/c1-6(2)12-5-10(16)11-8(14)3-7(13)4-9(11)15/h3-4,6,12-15H,5H2,1-2H3. The van der Waals surface area contributed by atoms with E-state index >= 15 is 0 Å². The number of phenols is 3. The van der Waals surface area contributed by atoms with E-state index in [2.05, 4.69) is 5.32 Å². The number of hydrogen-bond donors (Lipinski definition) is 4. The molecule has 0 amide bonds. The smallest absolute Gasteiger partial charge is 0.184 e. The summed E-state index contributed by atoms with van der Waals surface area (Å²) in [5.41, 5.74) is -0.175. The minimum absolute atomic E-state index is 0.0174. The van der Waals surface area contributed by atoms with Crippen molar-refractivity contribution in [3.05, 3.63) is 17.7 Å². The van der Waals surface area contributed by atoms with Gasteiger partial charge in [0.1, 0.15) is 22.8 Å². The minimum Gasteiger partial charge on any atom is -0.508 e. The van der Waals surface area contributed by atoms with Crippen LogP contribution in [0.2, 0.25) is 0 Å². The molecule has 4 N–H and O–H groups in total. The van der Waals surface area contributed by atoms with E-state index in [1.165, 1.54) is 0 Å². The van der Waals surface area contributed by atoms with Crippen molar-refractivity contribution in [3.63, 3.8) is 0 Å². The van der Waals surface area contributed by atoms with Crippen LogP contribution in [0.5, 0.6) is 17.2 Å². The Bertz CT molecular complexity index is 378. The van der Waals surface area contributed by atoms with Crippen molar-refractivity contribution in [1.82, 2.24) is 5.32 Å². The predicted molar refractivity (Wildman–Crippen MR) is 58.9 cm³/mol. The van der Waals surface area contributed by atoms with Crippen LogP contribution in [0, 0.1) is 0 Å². The van der Waals surface area contributed by atoms with E-state index in [9.17, 15) is 15.0 Å². The number of benzene rings is 1. The van der Waals surface area contributed by atoms with Gasteiger partial charge in [-0.1, -0.05) is 13.8 Å². The summed E-state index contributed by atoms with van der Waals surface area (Å²) in [6, 6.07) is 2.16. The molecule has 0 spiro atoms. The normalized spacial score (nSPS) is 10.7. The van der Waals surface area contributed by atoms with E-state index < -0.39 is 17.3 Å². The maximum Gasteiger partial charge on any atom is 0.184 e. The van der Waals surface area contributed by atoms with Crippen LogP contribution < -0.4 is 5.32 Å². The topological polar surface area (TPSA) is 89.8 Å². The van der Waals surface area contributed by atoms with E-state index in [1.807, 2.05) is 13.8 Å². The fraction of sp³-hybridized carbons (Fsp3) is 0.364. The zero-order chi connectivity index (χ0) is 12.3. The molecular weight excluding hydrogens is 210 g/mol. The first-order chi connectivity index (χ1) is 7.41. The monoisotopic (exact) mass is 225 g/mol. The third-order valence-corrected chi connectivity index (χ3v) is 2.03. The fourth-order valence-electron chi connectivity index (χ4n) is 1.27. The summed E-state index contributed by atoms with van der Waals surface area (Å²) >= 11 is 0. The molecule has 0 saturated heterocycles. The van der Waals surface area contributed by atoms with E-state index in [0.717, 1.165) is 12.1 Å². The number of carbonyl (C=O) groups is 1. The van der Waals surface area contributed by atoms with Crippen molar-refractivity contribution in [2.75, 3.05) is 6.54 Å². The quantitative estimate of drug-likeness (QED) is 0.574. The van der Waals surface area contributed by atoms with Crippen molar-refractivity contribution in [2.45, 2.75) is 19.9 Å². The van der Waals surface area contributed by atoms with E-state index in [1.54, 1.807) is 0 Å². The van der Waals surface area contributed by atoms with E-state index in [4.69, 9.17) is 5.11 Å². The Kier molecular flexibility index (Phi) is 3.73. The Balaban J connectivity index is 2.91. The molecule has 88 valence electrons. The first kappa shape index (κ1) is 12.3. The average molecular weight is 225 g/mol. The van der Waals surface area contributed by atoms with Crippen molar-refractivity contribution in [3.8, 4) is 17.2 Å². The third kappa shape index (κ3) is 2.87. The Hall–Kier alpha value is -1.75. The number of carbonyl (C=O) groups excluding carboxylic acids is 1. The number of ketones is 1. The number of hydrogen-bond acceptors (Lipinski definition) is 5. The lowest BCUT2D eigenvalue weighted by atomic mass is 10.1. The van der Waals surface area contributed by atoms with Gasteiger partial charge in [0.2, 0.25) is 0 Å². The zero-order valence-corrected chi connectivity index (χ0v) is 9.19.